The third kappa shape index (κ3) is 2.94. The summed E-state index contributed by atoms with van der Waals surface area (Å²) in [5, 5.41) is 10.8. The molecule has 33 heavy (non-hydrogen) atoms. The van der Waals surface area contributed by atoms with Crippen LogP contribution in [0.4, 0.5) is 0 Å². The van der Waals surface area contributed by atoms with Crippen molar-refractivity contribution in [1.82, 2.24) is 25.2 Å². The van der Waals surface area contributed by atoms with E-state index in [-0.39, 0.29) is 14.7 Å². The third-order valence-electron chi connectivity index (χ3n) is 8.66. The van der Waals surface area contributed by atoms with Crippen molar-refractivity contribution in [3.8, 4) is 0 Å². The highest BCUT2D eigenvalue weighted by atomic mass is 16.2. The molecule has 0 spiro atoms. The van der Waals surface area contributed by atoms with Crippen molar-refractivity contribution in [3.63, 3.8) is 0 Å². The van der Waals surface area contributed by atoms with E-state index in [0.717, 1.165) is 55.6 Å². The first-order valence-corrected chi connectivity index (χ1v) is 12.2. The van der Waals surface area contributed by atoms with Gasteiger partial charge < -0.3 is 9.80 Å². The third-order valence-corrected chi connectivity index (χ3v) is 8.66. The van der Waals surface area contributed by atoms with Crippen molar-refractivity contribution in [2.45, 2.75) is 25.7 Å². The van der Waals surface area contributed by atoms with Crippen LogP contribution in [-0.4, -0.2) is 63.2 Å². The number of nitrogens with one attached hydrogen (secondary N) is 1. The maximum absolute atomic E-state index is 13.3. The lowest BCUT2D eigenvalue weighted by Gasteiger charge is -2.42. The Labute approximate surface area is 195 Å². The van der Waals surface area contributed by atoms with Crippen LogP contribution in [0.5, 0.6) is 0 Å². The largest absolute Gasteiger partial charge is 0.338 e. The van der Waals surface area contributed by atoms with Crippen LogP contribution < -0.4 is 0 Å². The van der Waals surface area contributed by atoms with Gasteiger partial charge in [0.15, 0.2) is 0 Å². The van der Waals surface area contributed by atoms with E-state index in [4.69, 9.17) is 0 Å². The zero-order valence-electron chi connectivity index (χ0n) is 18.5. The molecule has 2 aliphatic heterocycles. The molecular formula is C26H31N5O2. The van der Waals surface area contributed by atoms with E-state index in [9.17, 15) is 9.59 Å². The van der Waals surface area contributed by atoms with E-state index >= 15 is 0 Å². The zero-order chi connectivity index (χ0) is 22.1. The molecule has 2 unspecified atom stereocenters. The Hall–Kier alpha value is -3.22. The van der Waals surface area contributed by atoms with Crippen molar-refractivity contribution in [2.24, 2.45) is 23.7 Å². The molecule has 3 aromatic rings. The van der Waals surface area contributed by atoms with E-state index in [1.54, 1.807) is 0 Å². The Morgan fingerprint density at radius 2 is 1.27 bits per heavy atom. The molecule has 2 aromatic carbocycles. The monoisotopic (exact) mass is 445 g/mol. The predicted octanol–water partition coefficient (Wildman–Crippen LogP) is 3.42. The minimum Gasteiger partial charge on any atom is -0.338 e. The van der Waals surface area contributed by atoms with Crippen LogP contribution in [0, 0.1) is 23.7 Å². The van der Waals surface area contributed by atoms with Crippen LogP contribution in [0.25, 0.3) is 11.0 Å². The molecule has 1 aromatic heterocycles. The Morgan fingerprint density at radius 1 is 0.727 bits per heavy atom. The van der Waals surface area contributed by atoms with Gasteiger partial charge in [0.2, 0.25) is 0 Å². The Balaban J connectivity index is 0.00000127. The number of carbonyl (C=O) groups excluding carboxylic acids is 2. The summed E-state index contributed by atoms with van der Waals surface area (Å²) in [6.45, 7) is 3.24. The SMILES string of the molecule is O=C(c1ccc2c(c1)CCCC2)N1CC2C(C1)[C@@H]1CN(C(=O)c3ccc4n[nH]nc4c3)C[C@H]21.[HH].[HH]. The van der Waals surface area contributed by atoms with Crippen molar-refractivity contribution < 1.29 is 12.4 Å². The highest BCUT2D eigenvalue weighted by molar-refractivity contribution is 5.97. The molecule has 7 rings (SSSR count). The highest BCUT2D eigenvalue weighted by Crippen LogP contribution is 2.54. The molecule has 7 nitrogen and oxygen atoms in total. The van der Waals surface area contributed by atoms with Gasteiger partial charge in [-0.05, 0) is 90.8 Å². The fourth-order valence-corrected chi connectivity index (χ4v) is 6.91. The Morgan fingerprint density at radius 3 is 1.94 bits per heavy atom. The van der Waals surface area contributed by atoms with Crippen molar-refractivity contribution >= 4 is 22.8 Å². The van der Waals surface area contributed by atoms with Crippen LogP contribution in [0.2, 0.25) is 0 Å². The van der Waals surface area contributed by atoms with Gasteiger partial charge in [0.1, 0.15) is 11.0 Å². The number of carbonyl (C=O) groups is 2. The van der Waals surface area contributed by atoms with E-state index in [2.05, 4.69) is 32.4 Å². The van der Waals surface area contributed by atoms with Gasteiger partial charge in [-0.1, -0.05) is 6.07 Å². The maximum Gasteiger partial charge on any atom is 0.253 e. The lowest BCUT2D eigenvalue weighted by atomic mass is 9.60. The molecule has 2 aliphatic carbocycles. The summed E-state index contributed by atoms with van der Waals surface area (Å²) in [4.78, 5) is 30.5. The summed E-state index contributed by atoms with van der Waals surface area (Å²) in [7, 11) is 0. The van der Waals surface area contributed by atoms with E-state index < -0.39 is 0 Å². The average molecular weight is 446 g/mol. The molecule has 1 saturated carbocycles. The number of nitrogens with zero attached hydrogens (tertiary/aromatic N) is 4. The molecule has 7 heteroatoms. The maximum atomic E-state index is 13.3. The lowest BCUT2D eigenvalue weighted by molar-refractivity contribution is 0.0629. The molecule has 1 N–H and O–H groups in total. The molecule has 0 radical (unpaired) electrons. The molecule has 172 valence electrons. The van der Waals surface area contributed by atoms with Gasteiger partial charge in [0.05, 0.1) is 0 Å². The van der Waals surface area contributed by atoms with Gasteiger partial charge in [-0.3, -0.25) is 9.59 Å². The number of amides is 2. The minimum atomic E-state index is 0. The fourth-order valence-electron chi connectivity index (χ4n) is 6.91. The zero-order valence-corrected chi connectivity index (χ0v) is 18.5. The number of aromatic nitrogens is 3. The number of likely N-dealkylation sites (tertiary alicyclic amines) is 2. The second-order valence-corrected chi connectivity index (χ2v) is 10.3. The summed E-state index contributed by atoms with van der Waals surface area (Å²) in [6.07, 6.45) is 4.72. The number of fused-ring (bicyclic) bond motifs is 6. The van der Waals surface area contributed by atoms with Gasteiger partial charge in [0, 0.05) is 40.2 Å². The lowest BCUT2D eigenvalue weighted by Crippen LogP contribution is -2.44. The molecular weight excluding hydrogens is 414 g/mol. The second-order valence-electron chi connectivity index (χ2n) is 10.3. The average Bonchev–Trinajstić information content (AvgIpc) is 3.56. The van der Waals surface area contributed by atoms with Gasteiger partial charge >= 0.3 is 0 Å². The Bertz CT molecular complexity index is 1270. The van der Waals surface area contributed by atoms with Gasteiger partial charge in [-0.15, -0.1) is 0 Å². The van der Waals surface area contributed by atoms with Gasteiger partial charge in [-0.2, -0.15) is 15.4 Å². The number of aromatic amines is 1. The first kappa shape index (κ1) is 19.3. The minimum absolute atomic E-state index is 0. The van der Waals surface area contributed by atoms with Gasteiger partial charge in [-0.25, -0.2) is 0 Å². The van der Waals surface area contributed by atoms with E-state index in [0.29, 0.717) is 29.2 Å². The van der Waals surface area contributed by atoms with Crippen LogP contribution in [0.15, 0.2) is 36.4 Å². The first-order chi connectivity index (χ1) is 16.2. The van der Waals surface area contributed by atoms with E-state index in [1.165, 1.54) is 24.0 Å². The predicted molar refractivity (Wildman–Crippen MR) is 127 cm³/mol. The van der Waals surface area contributed by atoms with Crippen LogP contribution in [-0.2, 0) is 12.8 Å². The number of hydrogen-bond acceptors (Lipinski definition) is 4. The number of hydrogen-bond donors (Lipinski definition) is 1. The normalized spacial score (nSPS) is 27.8. The van der Waals surface area contributed by atoms with Crippen LogP contribution in [0.3, 0.4) is 0 Å². The van der Waals surface area contributed by atoms with Crippen molar-refractivity contribution in [1.29, 1.82) is 0 Å². The number of H-pyrrole nitrogens is 1. The number of benzene rings is 2. The summed E-state index contributed by atoms with van der Waals surface area (Å²) < 4.78 is 0. The Kier molecular flexibility index (Phi) is 4.17. The summed E-state index contributed by atoms with van der Waals surface area (Å²) in [5.41, 5.74) is 5.79. The molecule has 4 aliphatic rings. The smallest absolute Gasteiger partial charge is 0.253 e. The van der Waals surface area contributed by atoms with Crippen molar-refractivity contribution in [2.75, 3.05) is 26.2 Å². The summed E-state index contributed by atoms with van der Waals surface area (Å²) in [5.74, 6) is 2.32. The quantitative estimate of drug-likeness (QED) is 0.655. The molecule has 4 atom stereocenters. The molecule has 3 heterocycles. The fraction of sp³-hybridized carbons (Fsp3) is 0.462. The first-order valence-electron chi connectivity index (χ1n) is 12.2. The standard InChI is InChI=1S/C26H27N5O2.2H2/c32-25(17-6-5-15-3-1-2-4-16(15)9-17)30-11-19-20(12-30)22-14-31(13-21(19)22)26(33)18-7-8-23-24(10-18)28-29-27-23;;/h5-10,19-22H,1-4,11-14H2,(H,27,28,29);2*1H/t19?,20?,21-,22+;;. The number of aryl methyl sites for hydroxylation is 2. The molecule has 3 fully saturated rings. The van der Waals surface area contributed by atoms with E-state index in [1.807, 2.05) is 29.2 Å². The number of rotatable bonds is 2. The highest BCUT2D eigenvalue weighted by Gasteiger charge is 2.59. The van der Waals surface area contributed by atoms with Crippen molar-refractivity contribution in [3.05, 3.63) is 58.7 Å². The second kappa shape index (κ2) is 7.14. The molecule has 0 bridgehead atoms. The van der Waals surface area contributed by atoms with Gasteiger partial charge in [0.25, 0.3) is 11.8 Å². The molecule has 2 saturated heterocycles. The topological polar surface area (TPSA) is 82.2 Å². The van der Waals surface area contributed by atoms with Crippen LogP contribution in [0.1, 0.15) is 47.5 Å². The summed E-state index contributed by atoms with van der Waals surface area (Å²) >= 11 is 0. The summed E-state index contributed by atoms with van der Waals surface area (Å²) in [6, 6.07) is 11.8. The molecule has 2 amide bonds. The van der Waals surface area contributed by atoms with Crippen LogP contribution >= 0.6 is 0 Å².